The Bertz CT molecular complexity index is 1320. The highest BCUT2D eigenvalue weighted by atomic mass is 35.5. The van der Waals surface area contributed by atoms with Gasteiger partial charge in [0.05, 0.1) is 28.2 Å². The van der Waals surface area contributed by atoms with Crippen LogP contribution in [0.3, 0.4) is 0 Å². The van der Waals surface area contributed by atoms with Crippen molar-refractivity contribution in [2.24, 2.45) is 15.2 Å². The Kier molecular flexibility index (Phi) is 5.57. The smallest absolute Gasteiger partial charge is 0.280 e. The number of carbonyl (C=O) groups excluding carboxylic acids is 1. The number of thiocarbonyl (C=S) groups is 1. The maximum absolute atomic E-state index is 13.3. The van der Waals surface area contributed by atoms with Crippen molar-refractivity contribution in [2.75, 3.05) is 5.01 Å². The van der Waals surface area contributed by atoms with E-state index in [-0.39, 0.29) is 22.6 Å². The van der Waals surface area contributed by atoms with Gasteiger partial charge in [0, 0.05) is 0 Å². The molecule has 31 heavy (non-hydrogen) atoms. The molecule has 1 unspecified atom stereocenters. The summed E-state index contributed by atoms with van der Waals surface area (Å²) in [5.74, 6) is -0.510. The van der Waals surface area contributed by atoms with Crippen LogP contribution in [0.5, 0.6) is 5.75 Å². The second-order valence-electron chi connectivity index (χ2n) is 6.62. The number of phenols is 1. The van der Waals surface area contributed by atoms with Gasteiger partial charge in [-0.3, -0.25) is 9.59 Å². The van der Waals surface area contributed by atoms with Crippen molar-refractivity contribution in [3.8, 4) is 5.75 Å². The molecule has 1 atom stereocenters. The number of hydrogen-bond acceptors (Lipinski definition) is 7. The first kappa shape index (κ1) is 20.8. The first-order chi connectivity index (χ1) is 14.9. The molecular weight excluding hydrogens is 440 g/mol. The van der Waals surface area contributed by atoms with E-state index in [1.807, 2.05) is 0 Å². The standard InChI is InChI=1S/C20H15ClN6O3S/c1-11-17(25-24-12-6-8-13(28)9-7-12)19(30)27(20(31)22-11)26-16(10-21)23-15-5-3-2-4-14(15)18(26)29/h2-9,17,28H,10H2,1H3. The first-order valence-corrected chi connectivity index (χ1v) is 10.0. The van der Waals surface area contributed by atoms with Gasteiger partial charge in [0.15, 0.2) is 6.04 Å². The number of carbonyl (C=O) groups is 1. The topological polar surface area (TPSA) is 113 Å². The van der Waals surface area contributed by atoms with E-state index >= 15 is 0 Å². The molecular formula is C20H15ClN6O3S. The molecule has 0 aliphatic carbocycles. The van der Waals surface area contributed by atoms with Gasteiger partial charge in [0.2, 0.25) is 5.11 Å². The zero-order valence-electron chi connectivity index (χ0n) is 16.1. The van der Waals surface area contributed by atoms with Gasteiger partial charge in [0.1, 0.15) is 11.6 Å². The molecule has 2 heterocycles. The number of azo groups is 1. The average Bonchev–Trinajstić information content (AvgIpc) is 2.76. The third-order valence-electron chi connectivity index (χ3n) is 4.57. The number of hydrogen-bond donors (Lipinski definition) is 1. The van der Waals surface area contributed by atoms with Gasteiger partial charge in [0.25, 0.3) is 11.5 Å². The van der Waals surface area contributed by atoms with E-state index in [2.05, 4.69) is 20.2 Å². The zero-order valence-corrected chi connectivity index (χ0v) is 17.7. The molecule has 1 aliphatic rings. The number of aromatic nitrogens is 2. The molecule has 3 aromatic rings. The number of para-hydroxylation sites is 1. The predicted molar refractivity (Wildman–Crippen MR) is 121 cm³/mol. The summed E-state index contributed by atoms with van der Waals surface area (Å²) in [5, 5.41) is 18.7. The van der Waals surface area contributed by atoms with Crippen molar-refractivity contribution < 1.29 is 9.90 Å². The summed E-state index contributed by atoms with van der Waals surface area (Å²) in [7, 11) is 0. The highest BCUT2D eigenvalue weighted by Crippen LogP contribution is 2.20. The van der Waals surface area contributed by atoms with Crippen molar-refractivity contribution >= 4 is 57.1 Å². The Morgan fingerprint density at radius 2 is 1.87 bits per heavy atom. The predicted octanol–water partition coefficient (Wildman–Crippen LogP) is 3.22. The van der Waals surface area contributed by atoms with E-state index in [1.165, 1.54) is 12.1 Å². The van der Waals surface area contributed by atoms with Crippen LogP contribution in [0.15, 0.2) is 68.5 Å². The maximum Gasteiger partial charge on any atom is 0.280 e. The molecule has 9 nitrogen and oxygen atoms in total. The van der Waals surface area contributed by atoms with Gasteiger partial charge in [-0.05, 0) is 55.5 Å². The van der Waals surface area contributed by atoms with E-state index in [0.717, 1.165) is 9.69 Å². The van der Waals surface area contributed by atoms with Gasteiger partial charge < -0.3 is 5.11 Å². The second kappa shape index (κ2) is 8.32. The average molecular weight is 455 g/mol. The largest absolute Gasteiger partial charge is 0.508 e. The molecule has 156 valence electrons. The minimum atomic E-state index is -1.10. The normalized spacial score (nSPS) is 16.9. The van der Waals surface area contributed by atoms with Crippen LogP contribution >= 0.6 is 23.8 Å². The SMILES string of the molecule is CC1=NC(=S)N(n2c(CCl)nc3ccccc3c2=O)C(=O)C1N=Nc1ccc(O)cc1. The fourth-order valence-electron chi connectivity index (χ4n) is 3.07. The molecule has 1 aliphatic heterocycles. The van der Waals surface area contributed by atoms with Crippen LogP contribution in [0.4, 0.5) is 5.69 Å². The summed E-state index contributed by atoms with van der Waals surface area (Å²) in [6.45, 7) is 1.60. The van der Waals surface area contributed by atoms with Crippen molar-refractivity contribution in [2.45, 2.75) is 18.8 Å². The number of aliphatic imine (C=N–C) groups is 1. The van der Waals surface area contributed by atoms with Crippen molar-refractivity contribution in [1.82, 2.24) is 9.66 Å². The molecule has 0 spiro atoms. The number of nitrogens with zero attached hydrogens (tertiary/aromatic N) is 6. The number of benzene rings is 2. The lowest BCUT2D eigenvalue weighted by Crippen LogP contribution is -2.57. The molecule has 2 aromatic carbocycles. The lowest BCUT2D eigenvalue weighted by Gasteiger charge is -2.30. The van der Waals surface area contributed by atoms with Gasteiger partial charge >= 0.3 is 0 Å². The number of rotatable bonds is 4. The molecule has 0 fully saturated rings. The molecule has 0 saturated heterocycles. The van der Waals surface area contributed by atoms with E-state index in [0.29, 0.717) is 22.3 Å². The third-order valence-corrected chi connectivity index (χ3v) is 5.07. The maximum atomic E-state index is 13.3. The Labute approximate surface area is 186 Å². The van der Waals surface area contributed by atoms with Gasteiger partial charge in [-0.1, -0.05) is 12.1 Å². The summed E-state index contributed by atoms with van der Waals surface area (Å²) in [4.78, 5) is 35.1. The molecule has 11 heteroatoms. The van der Waals surface area contributed by atoms with Crippen molar-refractivity contribution in [3.05, 3.63) is 64.7 Å². The number of fused-ring (bicyclic) bond motifs is 1. The molecule has 0 bridgehead atoms. The number of amides is 1. The lowest BCUT2D eigenvalue weighted by atomic mass is 10.1. The van der Waals surface area contributed by atoms with E-state index in [1.54, 1.807) is 43.3 Å². The molecule has 0 saturated carbocycles. The monoisotopic (exact) mass is 454 g/mol. The van der Waals surface area contributed by atoms with Crippen LogP contribution in [0, 0.1) is 0 Å². The summed E-state index contributed by atoms with van der Waals surface area (Å²) >= 11 is 11.3. The Balaban J connectivity index is 1.80. The number of alkyl halides is 1. The zero-order chi connectivity index (χ0) is 22.1. The van der Waals surface area contributed by atoms with Crippen LogP contribution in [-0.4, -0.2) is 37.5 Å². The molecule has 4 rings (SSSR count). The van der Waals surface area contributed by atoms with Crippen LogP contribution in [-0.2, 0) is 10.7 Å². The molecule has 1 aromatic heterocycles. The van der Waals surface area contributed by atoms with Crippen molar-refractivity contribution in [1.29, 1.82) is 0 Å². The Morgan fingerprint density at radius 1 is 1.16 bits per heavy atom. The molecule has 1 N–H and O–H groups in total. The summed E-state index contributed by atoms with van der Waals surface area (Å²) in [5.41, 5.74) is 0.728. The van der Waals surface area contributed by atoms with E-state index in [9.17, 15) is 14.7 Å². The minimum absolute atomic E-state index is 0.0822. The summed E-state index contributed by atoms with van der Waals surface area (Å²) in [6.07, 6.45) is 0. The third kappa shape index (κ3) is 3.82. The van der Waals surface area contributed by atoms with E-state index < -0.39 is 17.5 Å². The van der Waals surface area contributed by atoms with Crippen molar-refractivity contribution in [3.63, 3.8) is 0 Å². The minimum Gasteiger partial charge on any atom is -0.508 e. The Hall–Kier alpha value is -3.50. The van der Waals surface area contributed by atoms with E-state index in [4.69, 9.17) is 23.8 Å². The van der Waals surface area contributed by atoms with Gasteiger partial charge in [-0.15, -0.1) is 11.6 Å². The number of phenolic OH excluding ortho intramolecular Hbond substituents is 1. The van der Waals surface area contributed by atoms with Gasteiger partial charge in [-0.25, -0.2) is 9.98 Å². The number of aromatic hydroxyl groups is 1. The molecule has 0 radical (unpaired) electrons. The quantitative estimate of drug-likeness (QED) is 0.369. The Morgan fingerprint density at radius 3 is 2.58 bits per heavy atom. The summed E-state index contributed by atoms with van der Waals surface area (Å²) < 4.78 is 1.04. The first-order valence-electron chi connectivity index (χ1n) is 9.10. The lowest BCUT2D eigenvalue weighted by molar-refractivity contribution is -0.119. The fraction of sp³-hybridized carbons (Fsp3) is 0.150. The van der Waals surface area contributed by atoms with Crippen LogP contribution in [0.1, 0.15) is 12.7 Å². The number of halogens is 1. The van der Waals surface area contributed by atoms with Gasteiger partial charge in [-0.2, -0.15) is 19.9 Å². The highest BCUT2D eigenvalue weighted by molar-refractivity contribution is 7.80. The van der Waals surface area contributed by atoms with Crippen LogP contribution in [0.2, 0.25) is 0 Å². The fourth-order valence-corrected chi connectivity index (χ4v) is 3.56. The summed E-state index contributed by atoms with van der Waals surface area (Å²) in [6, 6.07) is 11.6. The second-order valence-corrected chi connectivity index (χ2v) is 7.25. The highest BCUT2D eigenvalue weighted by Gasteiger charge is 2.37. The molecule has 1 amide bonds. The van der Waals surface area contributed by atoms with Crippen LogP contribution < -0.4 is 10.6 Å². The van der Waals surface area contributed by atoms with Crippen LogP contribution in [0.25, 0.3) is 10.9 Å².